The molecule has 0 aliphatic heterocycles. The molecule has 1 fully saturated rings. The number of benzene rings is 2. The van der Waals surface area contributed by atoms with Gasteiger partial charge in [0, 0.05) is 23.3 Å². The highest BCUT2D eigenvalue weighted by atomic mass is 19.1. The highest BCUT2D eigenvalue weighted by molar-refractivity contribution is 5.83. The minimum Gasteiger partial charge on any atom is -0.475 e. The van der Waals surface area contributed by atoms with E-state index in [1.807, 2.05) is 32.0 Å². The lowest BCUT2D eigenvalue weighted by atomic mass is 9.53. The van der Waals surface area contributed by atoms with Crippen molar-refractivity contribution in [3.05, 3.63) is 77.2 Å². The van der Waals surface area contributed by atoms with Crippen LogP contribution in [0, 0.1) is 17.7 Å². The molecule has 3 aromatic rings. The summed E-state index contributed by atoms with van der Waals surface area (Å²) in [7, 11) is 0. The minimum atomic E-state index is -0.430. The predicted octanol–water partition coefficient (Wildman–Crippen LogP) is 5.92. The summed E-state index contributed by atoms with van der Waals surface area (Å²) in [5, 5.41) is 0. The van der Waals surface area contributed by atoms with Crippen molar-refractivity contribution in [3.8, 4) is 17.3 Å². The first-order valence-electron chi connectivity index (χ1n) is 11.8. The Balaban J connectivity index is 1.81. The van der Waals surface area contributed by atoms with Crippen LogP contribution in [0.4, 0.5) is 4.39 Å². The Labute approximate surface area is 194 Å². The van der Waals surface area contributed by atoms with E-state index < -0.39 is 5.41 Å². The molecule has 2 aromatic carbocycles. The molecule has 0 saturated heterocycles. The van der Waals surface area contributed by atoms with Gasteiger partial charge in [0.2, 0.25) is 5.88 Å². The van der Waals surface area contributed by atoms with Crippen LogP contribution < -0.4 is 4.74 Å². The van der Waals surface area contributed by atoms with Gasteiger partial charge >= 0.3 is 0 Å². The Kier molecular flexibility index (Phi) is 5.51. The van der Waals surface area contributed by atoms with E-state index in [4.69, 9.17) is 14.7 Å². The Morgan fingerprint density at radius 3 is 2.48 bits per heavy atom. The molecule has 33 heavy (non-hydrogen) atoms. The molecule has 1 heterocycles. The van der Waals surface area contributed by atoms with E-state index in [1.165, 1.54) is 6.07 Å². The molecule has 0 unspecified atom stereocenters. The van der Waals surface area contributed by atoms with Crippen molar-refractivity contribution in [1.29, 1.82) is 0 Å². The normalized spacial score (nSPS) is 24.3. The van der Waals surface area contributed by atoms with E-state index >= 15 is 0 Å². The van der Waals surface area contributed by atoms with Gasteiger partial charge < -0.3 is 4.74 Å². The van der Waals surface area contributed by atoms with Crippen LogP contribution in [0.25, 0.3) is 11.4 Å². The Morgan fingerprint density at radius 2 is 1.76 bits per heavy atom. The number of rotatable bonds is 4. The number of fused-ring (bicyclic) bond motifs is 3. The Hall–Kier alpha value is -3.08. The second-order valence-corrected chi connectivity index (χ2v) is 9.56. The number of hydrogen-bond acceptors (Lipinski definition) is 4. The van der Waals surface area contributed by atoms with Crippen LogP contribution in [0.15, 0.2) is 54.6 Å². The third kappa shape index (κ3) is 3.54. The van der Waals surface area contributed by atoms with Crippen LogP contribution in [0.2, 0.25) is 0 Å². The first-order valence-corrected chi connectivity index (χ1v) is 11.8. The molecule has 4 nitrogen and oxygen atoms in total. The molecule has 0 radical (unpaired) electrons. The van der Waals surface area contributed by atoms with Gasteiger partial charge in [-0.15, -0.1) is 0 Å². The van der Waals surface area contributed by atoms with Crippen molar-refractivity contribution in [2.24, 2.45) is 11.8 Å². The summed E-state index contributed by atoms with van der Waals surface area (Å²) in [4.78, 5) is 22.5. The molecule has 2 aliphatic rings. The molecular weight excluding hydrogens is 415 g/mol. The van der Waals surface area contributed by atoms with Crippen molar-refractivity contribution in [2.75, 3.05) is 0 Å². The zero-order chi connectivity index (χ0) is 23.2. The maximum atomic E-state index is 14.8. The number of carbonyl (C=O) groups excluding carboxylic acids is 1. The van der Waals surface area contributed by atoms with E-state index in [-0.39, 0.29) is 23.8 Å². The molecule has 1 aromatic heterocycles. The average molecular weight is 445 g/mol. The number of halogens is 1. The van der Waals surface area contributed by atoms with Gasteiger partial charge in [0.15, 0.2) is 5.82 Å². The number of ether oxygens (including phenoxy) is 1. The number of nitrogens with zero attached hydrogens (tertiary/aromatic N) is 2. The number of ketones is 1. The molecule has 5 heteroatoms. The van der Waals surface area contributed by atoms with Crippen molar-refractivity contribution in [1.82, 2.24) is 9.97 Å². The smallest absolute Gasteiger partial charge is 0.220 e. The van der Waals surface area contributed by atoms with Gasteiger partial charge in [-0.2, -0.15) is 4.98 Å². The molecular formula is C28H29FN2O2. The summed E-state index contributed by atoms with van der Waals surface area (Å²) in [5.41, 5.74) is 2.97. The first kappa shape index (κ1) is 21.7. The van der Waals surface area contributed by atoms with Crippen LogP contribution in [-0.2, 0) is 16.6 Å². The lowest BCUT2D eigenvalue weighted by molar-refractivity contribution is -0.128. The van der Waals surface area contributed by atoms with Gasteiger partial charge in [0.1, 0.15) is 11.6 Å². The molecule has 5 rings (SSSR count). The first-order chi connectivity index (χ1) is 15.9. The second-order valence-electron chi connectivity index (χ2n) is 9.56. The van der Waals surface area contributed by atoms with Gasteiger partial charge in [-0.1, -0.05) is 49.4 Å². The highest BCUT2D eigenvalue weighted by Crippen LogP contribution is 2.55. The lowest BCUT2D eigenvalue weighted by Gasteiger charge is -2.50. The zero-order valence-electron chi connectivity index (χ0n) is 19.3. The maximum Gasteiger partial charge on any atom is 0.220 e. The minimum absolute atomic E-state index is 0.0616. The second kappa shape index (κ2) is 8.36. The van der Waals surface area contributed by atoms with E-state index in [2.05, 4.69) is 19.1 Å². The fraction of sp³-hybridized carbons (Fsp3) is 0.393. The van der Waals surface area contributed by atoms with Gasteiger partial charge in [0.05, 0.1) is 17.4 Å². The molecule has 0 spiro atoms. The van der Waals surface area contributed by atoms with Gasteiger partial charge in [-0.25, -0.2) is 9.37 Å². The topological polar surface area (TPSA) is 52.1 Å². The summed E-state index contributed by atoms with van der Waals surface area (Å²) < 4.78 is 21.0. The monoisotopic (exact) mass is 444 g/mol. The van der Waals surface area contributed by atoms with Crippen LogP contribution in [0.1, 0.15) is 56.9 Å². The molecule has 0 amide bonds. The zero-order valence-corrected chi connectivity index (χ0v) is 19.3. The van der Waals surface area contributed by atoms with E-state index in [0.29, 0.717) is 35.9 Å². The summed E-state index contributed by atoms with van der Waals surface area (Å²) >= 11 is 0. The van der Waals surface area contributed by atoms with E-state index in [1.54, 1.807) is 18.2 Å². The molecule has 0 bridgehead atoms. The largest absolute Gasteiger partial charge is 0.475 e. The maximum absolute atomic E-state index is 14.8. The summed E-state index contributed by atoms with van der Waals surface area (Å²) in [6.45, 7) is 5.99. The summed E-state index contributed by atoms with van der Waals surface area (Å²) in [6.07, 6.45) is 2.73. The summed E-state index contributed by atoms with van der Waals surface area (Å²) in [5.74, 6) is 0.894. The molecule has 3 atom stereocenters. The van der Waals surface area contributed by atoms with Gasteiger partial charge in [-0.05, 0) is 56.7 Å². The van der Waals surface area contributed by atoms with E-state index in [9.17, 15) is 9.18 Å². The van der Waals surface area contributed by atoms with Crippen molar-refractivity contribution < 1.29 is 13.9 Å². The number of hydrogen-bond donors (Lipinski definition) is 0. The molecule has 2 aliphatic carbocycles. The van der Waals surface area contributed by atoms with Crippen molar-refractivity contribution >= 4 is 5.78 Å². The Bertz CT molecular complexity index is 1190. The Morgan fingerprint density at radius 1 is 1.03 bits per heavy atom. The fourth-order valence-corrected chi connectivity index (χ4v) is 5.85. The third-order valence-electron chi connectivity index (χ3n) is 7.36. The lowest BCUT2D eigenvalue weighted by Crippen LogP contribution is -2.50. The third-order valence-corrected chi connectivity index (χ3v) is 7.36. The van der Waals surface area contributed by atoms with Gasteiger partial charge in [0.25, 0.3) is 0 Å². The average Bonchev–Trinajstić information content (AvgIpc) is 2.81. The van der Waals surface area contributed by atoms with Crippen molar-refractivity contribution in [2.45, 2.75) is 58.0 Å². The SMILES string of the molecule is CC(C)Oc1nc(-c2ccccc2F)nc2c1CC[C@H]1[C@H](C)C(=O)CC[C@]21c1ccccc1. The number of carbonyl (C=O) groups is 1. The fourth-order valence-electron chi connectivity index (χ4n) is 5.85. The number of aromatic nitrogens is 2. The predicted molar refractivity (Wildman–Crippen MR) is 126 cm³/mol. The molecule has 1 saturated carbocycles. The van der Waals surface area contributed by atoms with Crippen LogP contribution in [-0.4, -0.2) is 21.9 Å². The van der Waals surface area contributed by atoms with Crippen LogP contribution in [0.5, 0.6) is 5.88 Å². The van der Waals surface area contributed by atoms with Crippen LogP contribution in [0.3, 0.4) is 0 Å². The highest BCUT2D eigenvalue weighted by Gasteiger charge is 2.53. The van der Waals surface area contributed by atoms with Gasteiger partial charge in [-0.3, -0.25) is 4.79 Å². The van der Waals surface area contributed by atoms with E-state index in [0.717, 1.165) is 29.7 Å². The van der Waals surface area contributed by atoms with Crippen LogP contribution >= 0.6 is 0 Å². The molecule has 170 valence electrons. The number of Topliss-reactive ketones (excluding diaryl/α,β-unsaturated/α-hetero) is 1. The molecule has 0 N–H and O–H groups in total. The quantitative estimate of drug-likeness (QED) is 0.501. The van der Waals surface area contributed by atoms with Crippen molar-refractivity contribution in [3.63, 3.8) is 0 Å². The standard InChI is InChI=1S/C28H29FN2O2/c1-17(2)33-27-21-13-14-22-18(3)24(32)15-16-28(22,19-9-5-4-6-10-19)25(21)30-26(31-27)20-11-7-8-12-23(20)29/h4-12,17-18,22H,13-16H2,1-3H3/t18-,22-,28+/m0/s1. The summed E-state index contributed by atoms with van der Waals surface area (Å²) in [6, 6.07) is 17.0.